The van der Waals surface area contributed by atoms with Crippen LogP contribution in [0.4, 0.5) is 0 Å². The minimum absolute atomic E-state index is 0.0963. The lowest BCUT2D eigenvalue weighted by atomic mass is 9.61. The van der Waals surface area contributed by atoms with Crippen molar-refractivity contribution in [1.82, 2.24) is 0 Å². The molecule has 0 saturated heterocycles. The maximum atomic E-state index is 5.78. The molecule has 0 unspecified atom stereocenters. The van der Waals surface area contributed by atoms with Crippen LogP contribution in [0.25, 0.3) is 0 Å². The van der Waals surface area contributed by atoms with Crippen LogP contribution in [0.1, 0.15) is 40.5 Å². The number of rotatable bonds is 1. The number of allylic oxidation sites excluding steroid dienone is 2. The van der Waals surface area contributed by atoms with Gasteiger partial charge in [0.1, 0.15) is 0 Å². The van der Waals surface area contributed by atoms with Gasteiger partial charge in [0.05, 0.1) is 5.60 Å². The monoisotopic (exact) mass is 208 g/mol. The van der Waals surface area contributed by atoms with Gasteiger partial charge in [0, 0.05) is 7.11 Å². The molecule has 1 saturated carbocycles. The Morgan fingerprint density at radius 1 is 1.40 bits per heavy atom. The van der Waals surface area contributed by atoms with Gasteiger partial charge in [-0.05, 0) is 50.4 Å². The van der Waals surface area contributed by atoms with Crippen molar-refractivity contribution in [3.63, 3.8) is 0 Å². The van der Waals surface area contributed by atoms with Gasteiger partial charge in [-0.3, -0.25) is 0 Å². The lowest BCUT2D eigenvalue weighted by Gasteiger charge is -2.49. The first kappa shape index (κ1) is 11.2. The third-order valence-corrected chi connectivity index (χ3v) is 5.11. The van der Waals surface area contributed by atoms with E-state index in [1.54, 1.807) is 5.57 Å². The molecule has 0 heterocycles. The molecule has 2 aliphatic carbocycles. The predicted molar refractivity (Wildman–Crippen MR) is 63.7 cm³/mol. The quantitative estimate of drug-likeness (QED) is 0.598. The van der Waals surface area contributed by atoms with Gasteiger partial charge in [-0.2, -0.15) is 0 Å². The van der Waals surface area contributed by atoms with E-state index < -0.39 is 0 Å². The predicted octanol–water partition coefficient (Wildman–Crippen LogP) is 3.65. The molecule has 0 bridgehead atoms. The standard InChI is InChI=1S/C14H24O/c1-9-6-7-12-11(3)14(4,15-5)8-10(2)13(9)12/h6,10-13H,7-8H2,1-5H3/t10-,11-,12-,13-,14-/m1/s1. The Balaban J connectivity index is 2.25. The minimum atomic E-state index is 0.0963. The van der Waals surface area contributed by atoms with Crippen LogP contribution in [-0.2, 0) is 4.74 Å². The largest absolute Gasteiger partial charge is 0.378 e. The molecule has 0 aromatic carbocycles. The molecule has 2 rings (SSSR count). The molecule has 2 aliphatic rings. The molecule has 1 heteroatoms. The van der Waals surface area contributed by atoms with Gasteiger partial charge in [0.25, 0.3) is 0 Å². The van der Waals surface area contributed by atoms with Gasteiger partial charge in [0.2, 0.25) is 0 Å². The molecule has 0 aromatic rings. The van der Waals surface area contributed by atoms with E-state index in [2.05, 4.69) is 33.8 Å². The molecule has 5 atom stereocenters. The van der Waals surface area contributed by atoms with Gasteiger partial charge in [0.15, 0.2) is 0 Å². The summed E-state index contributed by atoms with van der Waals surface area (Å²) < 4.78 is 5.78. The van der Waals surface area contributed by atoms with Gasteiger partial charge >= 0.3 is 0 Å². The smallest absolute Gasteiger partial charge is 0.0681 e. The van der Waals surface area contributed by atoms with Gasteiger partial charge in [-0.15, -0.1) is 0 Å². The van der Waals surface area contributed by atoms with Crippen LogP contribution < -0.4 is 0 Å². The Morgan fingerprint density at radius 3 is 2.67 bits per heavy atom. The molecule has 0 spiro atoms. The zero-order valence-electron chi connectivity index (χ0n) is 10.7. The fraction of sp³-hybridized carbons (Fsp3) is 0.857. The Labute approximate surface area is 93.9 Å². The lowest BCUT2D eigenvalue weighted by molar-refractivity contribution is -0.109. The van der Waals surface area contributed by atoms with E-state index in [9.17, 15) is 0 Å². The van der Waals surface area contributed by atoms with Crippen molar-refractivity contribution in [3.8, 4) is 0 Å². The normalized spacial score (nSPS) is 50.1. The zero-order valence-corrected chi connectivity index (χ0v) is 10.7. The van der Waals surface area contributed by atoms with Crippen molar-refractivity contribution in [3.05, 3.63) is 11.6 Å². The number of methoxy groups -OCH3 is 1. The number of ether oxygens (including phenoxy) is 1. The zero-order chi connectivity index (χ0) is 11.2. The summed E-state index contributed by atoms with van der Waals surface area (Å²) in [5.41, 5.74) is 1.72. The molecule has 0 aromatic heterocycles. The summed E-state index contributed by atoms with van der Waals surface area (Å²) in [6.07, 6.45) is 4.92. The molecule has 1 fully saturated rings. The maximum absolute atomic E-state index is 5.78. The number of fused-ring (bicyclic) bond motifs is 1. The summed E-state index contributed by atoms with van der Waals surface area (Å²) in [4.78, 5) is 0. The fourth-order valence-corrected chi connectivity index (χ4v) is 4.00. The van der Waals surface area contributed by atoms with Crippen molar-refractivity contribution in [1.29, 1.82) is 0 Å². The average molecular weight is 208 g/mol. The van der Waals surface area contributed by atoms with Crippen LogP contribution in [0.2, 0.25) is 0 Å². The second-order valence-corrected chi connectivity index (χ2v) is 5.86. The van der Waals surface area contributed by atoms with Crippen LogP contribution >= 0.6 is 0 Å². The average Bonchev–Trinajstić information content (AvgIpc) is 2.57. The lowest BCUT2D eigenvalue weighted by Crippen LogP contribution is -2.48. The van der Waals surface area contributed by atoms with Crippen LogP contribution in [0.5, 0.6) is 0 Å². The Hall–Kier alpha value is -0.300. The van der Waals surface area contributed by atoms with E-state index in [1.165, 1.54) is 12.8 Å². The van der Waals surface area contributed by atoms with Crippen molar-refractivity contribution in [2.75, 3.05) is 7.11 Å². The SMILES string of the molecule is CO[C@]1(C)C[C@@H](C)[C@H]2C(C)=CC[C@@H]2[C@H]1C. The van der Waals surface area contributed by atoms with E-state index >= 15 is 0 Å². The van der Waals surface area contributed by atoms with Crippen molar-refractivity contribution < 1.29 is 4.74 Å². The first-order valence-corrected chi connectivity index (χ1v) is 6.21. The highest BCUT2D eigenvalue weighted by atomic mass is 16.5. The van der Waals surface area contributed by atoms with Gasteiger partial charge < -0.3 is 4.74 Å². The summed E-state index contributed by atoms with van der Waals surface area (Å²) in [6.45, 7) is 9.37. The second kappa shape index (κ2) is 3.62. The highest BCUT2D eigenvalue weighted by molar-refractivity contribution is 5.18. The highest BCUT2D eigenvalue weighted by Gasteiger charge is 2.49. The van der Waals surface area contributed by atoms with E-state index in [1.807, 2.05) is 7.11 Å². The molecular weight excluding hydrogens is 184 g/mol. The first-order valence-electron chi connectivity index (χ1n) is 6.21. The van der Waals surface area contributed by atoms with Crippen molar-refractivity contribution >= 4 is 0 Å². The molecule has 0 aliphatic heterocycles. The third kappa shape index (κ3) is 1.56. The summed E-state index contributed by atoms with van der Waals surface area (Å²) in [6, 6.07) is 0. The minimum Gasteiger partial charge on any atom is -0.378 e. The topological polar surface area (TPSA) is 9.23 Å². The first-order chi connectivity index (χ1) is 6.99. The Bertz CT molecular complexity index is 281. The molecule has 0 radical (unpaired) electrons. The van der Waals surface area contributed by atoms with Gasteiger partial charge in [-0.25, -0.2) is 0 Å². The summed E-state index contributed by atoms with van der Waals surface area (Å²) in [5.74, 6) is 3.09. The molecule has 0 N–H and O–H groups in total. The second-order valence-electron chi connectivity index (χ2n) is 5.86. The summed E-state index contributed by atoms with van der Waals surface area (Å²) in [5, 5.41) is 0. The van der Waals surface area contributed by atoms with Crippen LogP contribution in [-0.4, -0.2) is 12.7 Å². The van der Waals surface area contributed by atoms with E-state index in [0.717, 1.165) is 17.8 Å². The van der Waals surface area contributed by atoms with E-state index in [0.29, 0.717) is 5.92 Å². The molecule has 15 heavy (non-hydrogen) atoms. The van der Waals surface area contributed by atoms with Crippen LogP contribution in [0.15, 0.2) is 11.6 Å². The Kier molecular flexibility index (Phi) is 2.70. The van der Waals surface area contributed by atoms with Crippen molar-refractivity contribution in [2.24, 2.45) is 23.7 Å². The van der Waals surface area contributed by atoms with Crippen LogP contribution in [0.3, 0.4) is 0 Å². The van der Waals surface area contributed by atoms with Crippen LogP contribution in [0, 0.1) is 23.7 Å². The molecular formula is C14H24O. The van der Waals surface area contributed by atoms with E-state index in [-0.39, 0.29) is 5.60 Å². The molecule has 1 nitrogen and oxygen atoms in total. The van der Waals surface area contributed by atoms with E-state index in [4.69, 9.17) is 4.74 Å². The molecule has 86 valence electrons. The number of hydrogen-bond donors (Lipinski definition) is 0. The Morgan fingerprint density at radius 2 is 2.07 bits per heavy atom. The third-order valence-electron chi connectivity index (χ3n) is 5.11. The number of hydrogen-bond acceptors (Lipinski definition) is 1. The molecule has 0 amide bonds. The summed E-state index contributed by atoms with van der Waals surface area (Å²) in [7, 11) is 1.87. The summed E-state index contributed by atoms with van der Waals surface area (Å²) >= 11 is 0. The fourth-order valence-electron chi connectivity index (χ4n) is 4.00. The van der Waals surface area contributed by atoms with Gasteiger partial charge in [-0.1, -0.05) is 25.5 Å². The highest BCUT2D eigenvalue weighted by Crippen LogP contribution is 2.52. The maximum Gasteiger partial charge on any atom is 0.0681 e. The van der Waals surface area contributed by atoms with Crippen molar-refractivity contribution in [2.45, 2.75) is 46.1 Å².